The molecule has 1 rings (SSSR count). The van der Waals surface area contributed by atoms with Gasteiger partial charge in [0, 0.05) is 6.54 Å². The number of primary amides is 1. The van der Waals surface area contributed by atoms with Gasteiger partial charge in [0.15, 0.2) is 0 Å². The van der Waals surface area contributed by atoms with E-state index in [0.717, 1.165) is 12.8 Å². The molecule has 1 amide bonds. The number of nitrogens with zero attached hydrogens (tertiary/aromatic N) is 1. The van der Waals surface area contributed by atoms with Crippen molar-refractivity contribution in [2.24, 2.45) is 5.73 Å². The molecule has 1 fully saturated rings. The second-order valence-corrected chi connectivity index (χ2v) is 4.56. The zero-order valence-electron chi connectivity index (χ0n) is 9.90. The first-order valence-corrected chi connectivity index (χ1v) is 5.73. The van der Waals surface area contributed by atoms with E-state index in [1.54, 1.807) is 11.8 Å². The molecule has 1 aliphatic heterocycles. The largest absolute Gasteiger partial charge is 0.480 e. The van der Waals surface area contributed by atoms with Crippen LogP contribution in [0.5, 0.6) is 0 Å². The summed E-state index contributed by atoms with van der Waals surface area (Å²) < 4.78 is 0. The molecule has 0 bridgehead atoms. The average molecular weight is 228 g/mol. The van der Waals surface area contributed by atoms with Crippen molar-refractivity contribution in [1.82, 2.24) is 4.90 Å². The van der Waals surface area contributed by atoms with Gasteiger partial charge >= 0.3 is 5.97 Å². The Labute approximate surface area is 95.6 Å². The van der Waals surface area contributed by atoms with Gasteiger partial charge in [0.2, 0.25) is 5.91 Å². The minimum absolute atomic E-state index is 0.433. The van der Waals surface area contributed by atoms with Crippen LogP contribution >= 0.6 is 0 Å². The number of carbonyl (C=O) groups excluding carboxylic acids is 1. The second-order valence-electron chi connectivity index (χ2n) is 4.56. The Morgan fingerprint density at radius 1 is 1.50 bits per heavy atom. The lowest BCUT2D eigenvalue weighted by Crippen LogP contribution is -2.61. The lowest BCUT2D eigenvalue weighted by molar-refractivity contribution is -0.156. The van der Waals surface area contributed by atoms with E-state index in [0.29, 0.717) is 19.4 Å². The van der Waals surface area contributed by atoms with E-state index in [9.17, 15) is 14.7 Å². The molecule has 0 aliphatic carbocycles. The summed E-state index contributed by atoms with van der Waals surface area (Å²) in [7, 11) is 0. The molecule has 16 heavy (non-hydrogen) atoms. The van der Waals surface area contributed by atoms with Crippen molar-refractivity contribution in [2.75, 3.05) is 6.54 Å². The van der Waals surface area contributed by atoms with Crippen LogP contribution in [0.2, 0.25) is 0 Å². The van der Waals surface area contributed by atoms with E-state index in [1.165, 1.54) is 0 Å². The zero-order valence-corrected chi connectivity index (χ0v) is 9.90. The molecule has 0 aromatic carbocycles. The molecule has 1 heterocycles. The number of piperidine rings is 1. The Balaban J connectivity index is 2.97. The molecule has 92 valence electrons. The van der Waals surface area contributed by atoms with Gasteiger partial charge in [-0.3, -0.25) is 14.5 Å². The number of carboxylic acid groups (broad SMARTS) is 1. The van der Waals surface area contributed by atoms with Gasteiger partial charge < -0.3 is 10.8 Å². The Morgan fingerprint density at radius 2 is 2.12 bits per heavy atom. The molecule has 5 heteroatoms. The lowest BCUT2D eigenvalue weighted by Gasteiger charge is -2.44. The van der Waals surface area contributed by atoms with Crippen molar-refractivity contribution in [3.63, 3.8) is 0 Å². The van der Waals surface area contributed by atoms with Crippen LogP contribution in [0, 0.1) is 0 Å². The van der Waals surface area contributed by atoms with Crippen molar-refractivity contribution in [3.05, 3.63) is 0 Å². The third kappa shape index (κ3) is 2.19. The number of amides is 1. The van der Waals surface area contributed by atoms with Gasteiger partial charge in [0.1, 0.15) is 5.54 Å². The van der Waals surface area contributed by atoms with Crippen molar-refractivity contribution in [3.8, 4) is 0 Å². The number of hydrogen-bond acceptors (Lipinski definition) is 3. The number of hydrogen-bond donors (Lipinski definition) is 2. The summed E-state index contributed by atoms with van der Waals surface area (Å²) in [6.07, 6.45) is 2.94. The third-order valence-corrected chi connectivity index (χ3v) is 3.50. The molecule has 2 atom stereocenters. The van der Waals surface area contributed by atoms with Gasteiger partial charge in [-0.1, -0.05) is 6.92 Å². The van der Waals surface area contributed by atoms with Gasteiger partial charge in [-0.25, -0.2) is 0 Å². The number of rotatable bonds is 4. The highest BCUT2D eigenvalue weighted by Gasteiger charge is 2.45. The number of nitrogens with two attached hydrogens (primary N) is 1. The summed E-state index contributed by atoms with van der Waals surface area (Å²) >= 11 is 0. The van der Waals surface area contributed by atoms with Gasteiger partial charge in [-0.15, -0.1) is 0 Å². The van der Waals surface area contributed by atoms with E-state index in [2.05, 4.69) is 0 Å². The van der Waals surface area contributed by atoms with Crippen molar-refractivity contribution >= 4 is 11.9 Å². The summed E-state index contributed by atoms with van der Waals surface area (Å²) in [4.78, 5) is 24.4. The third-order valence-electron chi connectivity index (χ3n) is 3.50. The SMILES string of the molecule is CCC(C(N)=O)N1CCCCC1(C)C(=O)O. The van der Waals surface area contributed by atoms with Crippen molar-refractivity contribution in [1.29, 1.82) is 0 Å². The Hall–Kier alpha value is -1.10. The number of aliphatic carboxylic acids is 1. The molecule has 1 aliphatic rings. The summed E-state index contributed by atoms with van der Waals surface area (Å²) in [5.41, 5.74) is 4.38. The van der Waals surface area contributed by atoms with Crippen LogP contribution in [-0.2, 0) is 9.59 Å². The standard InChI is InChI=1S/C11H20N2O3/c1-3-8(9(12)14)13-7-5-4-6-11(13,2)10(15)16/h8H,3-7H2,1-2H3,(H2,12,14)(H,15,16). The first-order valence-electron chi connectivity index (χ1n) is 5.73. The van der Waals surface area contributed by atoms with Crippen LogP contribution in [0.4, 0.5) is 0 Å². The van der Waals surface area contributed by atoms with Crippen molar-refractivity contribution in [2.45, 2.75) is 51.1 Å². The summed E-state index contributed by atoms with van der Waals surface area (Å²) in [6, 6.07) is -0.471. The quantitative estimate of drug-likeness (QED) is 0.737. The minimum Gasteiger partial charge on any atom is -0.480 e. The van der Waals surface area contributed by atoms with E-state index in [4.69, 9.17) is 5.73 Å². The van der Waals surface area contributed by atoms with Crippen LogP contribution in [0.25, 0.3) is 0 Å². The first-order chi connectivity index (χ1) is 7.43. The molecule has 0 saturated carbocycles. The number of carbonyl (C=O) groups is 2. The maximum atomic E-state index is 11.3. The topological polar surface area (TPSA) is 83.6 Å². The highest BCUT2D eigenvalue weighted by Crippen LogP contribution is 2.30. The lowest BCUT2D eigenvalue weighted by atomic mass is 9.86. The summed E-state index contributed by atoms with van der Waals surface area (Å²) in [6.45, 7) is 4.16. The zero-order chi connectivity index (χ0) is 12.3. The fourth-order valence-electron chi connectivity index (χ4n) is 2.45. The van der Waals surface area contributed by atoms with Gasteiger partial charge in [0.25, 0.3) is 0 Å². The van der Waals surface area contributed by atoms with E-state index in [1.807, 2.05) is 6.92 Å². The van der Waals surface area contributed by atoms with Crippen LogP contribution in [0.15, 0.2) is 0 Å². The molecule has 5 nitrogen and oxygen atoms in total. The predicted octanol–water partition coefficient (Wildman–Crippen LogP) is 0.579. The molecule has 0 aromatic rings. The average Bonchev–Trinajstić information content (AvgIpc) is 2.21. The fourth-order valence-corrected chi connectivity index (χ4v) is 2.45. The molecular weight excluding hydrogens is 208 g/mol. The van der Waals surface area contributed by atoms with E-state index >= 15 is 0 Å². The number of likely N-dealkylation sites (tertiary alicyclic amines) is 1. The molecule has 1 saturated heterocycles. The van der Waals surface area contributed by atoms with Gasteiger partial charge in [-0.05, 0) is 32.6 Å². The highest BCUT2D eigenvalue weighted by atomic mass is 16.4. The summed E-state index contributed by atoms with van der Waals surface area (Å²) in [5.74, 6) is -1.30. The molecule has 0 radical (unpaired) electrons. The Kier molecular flexibility index (Phi) is 3.91. The molecule has 3 N–H and O–H groups in total. The summed E-state index contributed by atoms with van der Waals surface area (Å²) in [5, 5.41) is 9.30. The predicted molar refractivity (Wildman–Crippen MR) is 59.9 cm³/mol. The maximum Gasteiger partial charge on any atom is 0.323 e. The van der Waals surface area contributed by atoms with Gasteiger partial charge in [-0.2, -0.15) is 0 Å². The number of carboxylic acids is 1. The normalized spacial score (nSPS) is 28.6. The molecule has 0 aromatic heterocycles. The highest BCUT2D eigenvalue weighted by molar-refractivity contribution is 5.83. The van der Waals surface area contributed by atoms with E-state index in [-0.39, 0.29) is 0 Å². The van der Waals surface area contributed by atoms with Crippen LogP contribution in [-0.4, -0.2) is 40.0 Å². The monoisotopic (exact) mass is 228 g/mol. The van der Waals surface area contributed by atoms with Gasteiger partial charge in [0.05, 0.1) is 6.04 Å². The van der Waals surface area contributed by atoms with Crippen LogP contribution in [0.1, 0.15) is 39.5 Å². The molecule has 2 unspecified atom stereocenters. The van der Waals surface area contributed by atoms with Crippen molar-refractivity contribution < 1.29 is 14.7 Å². The minimum atomic E-state index is -0.950. The Morgan fingerprint density at radius 3 is 2.56 bits per heavy atom. The van der Waals surface area contributed by atoms with E-state index < -0.39 is 23.5 Å². The maximum absolute atomic E-state index is 11.3. The smallest absolute Gasteiger partial charge is 0.323 e. The second kappa shape index (κ2) is 4.82. The molecular formula is C11H20N2O3. The first kappa shape index (κ1) is 13.0. The van der Waals surface area contributed by atoms with Crippen LogP contribution in [0.3, 0.4) is 0 Å². The Bertz CT molecular complexity index is 293. The van der Waals surface area contributed by atoms with Crippen LogP contribution < -0.4 is 5.73 Å². The molecule has 0 spiro atoms. The fraction of sp³-hybridized carbons (Fsp3) is 0.818.